The minimum Gasteiger partial charge on any atom is -0.303 e. The van der Waals surface area contributed by atoms with E-state index in [-0.39, 0.29) is 0 Å². The van der Waals surface area contributed by atoms with E-state index in [1.165, 1.54) is 27.7 Å². The number of aromatic nitrogens is 1. The zero-order valence-electron chi connectivity index (χ0n) is 10.6. The molecule has 0 aliphatic rings. The number of hydrogen-bond acceptors (Lipinski definition) is 3. The van der Waals surface area contributed by atoms with Gasteiger partial charge in [-0.05, 0) is 23.8 Å². The highest BCUT2D eigenvalue weighted by Crippen LogP contribution is 2.26. The van der Waals surface area contributed by atoms with Gasteiger partial charge in [-0.25, -0.2) is 4.98 Å². The van der Waals surface area contributed by atoms with Gasteiger partial charge in [0.05, 0.1) is 12.1 Å². The first-order valence-corrected chi connectivity index (χ1v) is 7.03. The van der Waals surface area contributed by atoms with Gasteiger partial charge < -0.3 is 4.79 Å². The Labute approximate surface area is 115 Å². The Bertz CT molecular complexity index is 745. The molecule has 0 atom stereocenters. The Balaban J connectivity index is 2.04. The lowest BCUT2D eigenvalue weighted by Crippen LogP contribution is -1.85. The molecule has 0 unspecified atom stereocenters. The summed E-state index contributed by atoms with van der Waals surface area (Å²) in [6.45, 7) is 2.10. The minimum absolute atomic E-state index is 0.400. The molecule has 0 amide bonds. The first-order valence-electron chi connectivity index (χ1n) is 6.15. The van der Waals surface area contributed by atoms with Crippen LogP contribution in [0.4, 0.5) is 0 Å². The van der Waals surface area contributed by atoms with Crippen molar-refractivity contribution in [3.8, 4) is 11.3 Å². The number of carbonyl (C=O) groups excluding carboxylic acids is 1. The molecule has 2 nitrogen and oxygen atoms in total. The average molecular weight is 267 g/mol. The zero-order chi connectivity index (χ0) is 13.2. The second-order valence-electron chi connectivity index (χ2n) is 4.56. The van der Waals surface area contributed by atoms with Gasteiger partial charge in [0.15, 0.2) is 0 Å². The second kappa shape index (κ2) is 4.94. The van der Waals surface area contributed by atoms with Crippen LogP contribution in [0.1, 0.15) is 10.6 Å². The minimum atomic E-state index is 0.400. The van der Waals surface area contributed by atoms with Crippen LogP contribution in [0.5, 0.6) is 0 Å². The number of aryl methyl sites for hydroxylation is 1. The molecular formula is C16H13NOS. The first kappa shape index (κ1) is 12.1. The average Bonchev–Trinajstić information content (AvgIpc) is 2.87. The standard InChI is InChI=1S/C16H13NOS/c1-11-2-3-13-9-14(5-4-12(13)8-11)15-10-19-16(17-15)6-7-18/h2-5,7-10H,6H2,1H3. The Morgan fingerprint density at radius 2 is 1.95 bits per heavy atom. The van der Waals surface area contributed by atoms with E-state index in [1.54, 1.807) is 0 Å². The molecule has 1 aromatic heterocycles. The second-order valence-corrected chi connectivity index (χ2v) is 5.51. The molecule has 0 fully saturated rings. The normalized spacial score (nSPS) is 10.8. The van der Waals surface area contributed by atoms with E-state index in [9.17, 15) is 4.79 Å². The van der Waals surface area contributed by atoms with Crippen LogP contribution < -0.4 is 0 Å². The van der Waals surface area contributed by atoms with E-state index in [0.29, 0.717) is 6.42 Å². The molecule has 1 heterocycles. The summed E-state index contributed by atoms with van der Waals surface area (Å²) in [6.07, 6.45) is 1.29. The molecule has 3 aromatic rings. The van der Waals surface area contributed by atoms with Gasteiger partial charge in [0, 0.05) is 10.9 Å². The molecule has 0 bridgehead atoms. The maximum absolute atomic E-state index is 10.5. The van der Waals surface area contributed by atoms with Gasteiger partial charge in [0.2, 0.25) is 0 Å². The summed E-state index contributed by atoms with van der Waals surface area (Å²) in [5, 5.41) is 5.34. The van der Waals surface area contributed by atoms with E-state index < -0.39 is 0 Å². The van der Waals surface area contributed by atoms with Gasteiger partial charge in [-0.15, -0.1) is 11.3 Å². The van der Waals surface area contributed by atoms with Crippen LogP contribution in [0.15, 0.2) is 41.8 Å². The Morgan fingerprint density at radius 1 is 1.16 bits per heavy atom. The number of carbonyl (C=O) groups is 1. The molecule has 3 rings (SSSR count). The third-order valence-corrected chi connectivity index (χ3v) is 3.97. The lowest BCUT2D eigenvalue weighted by Gasteiger charge is -2.02. The number of hydrogen-bond donors (Lipinski definition) is 0. The van der Waals surface area contributed by atoms with Crippen LogP contribution in [0.3, 0.4) is 0 Å². The summed E-state index contributed by atoms with van der Waals surface area (Å²) in [5.74, 6) is 0. The third kappa shape index (κ3) is 2.42. The van der Waals surface area contributed by atoms with Crippen LogP contribution in [-0.2, 0) is 11.2 Å². The maximum atomic E-state index is 10.5. The first-order chi connectivity index (χ1) is 9.26. The van der Waals surface area contributed by atoms with Crippen molar-refractivity contribution in [1.82, 2.24) is 4.98 Å². The van der Waals surface area contributed by atoms with Crippen LogP contribution in [0, 0.1) is 6.92 Å². The zero-order valence-corrected chi connectivity index (χ0v) is 11.4. The number of benzene rings is 2. The predicted octanol–water partition coefficient (Wildman–Crippen LogP) is 4.01. The number of thiazole rings is 1. The summed E-state index contributed by atoms with van der Waals surface area (Å²) >= 11 is 1.53. The van der Waals surface area contributed by atoms with Crippen LogP contribution in [0.2, 0.25) is 0 Å². The summed E-state index contributed by atoms with van der Waals surface area (Å²) < 4.78 is 0. The van der Waals surface area contributed by atoms with Crippen LogP contribution in [0.25, 0.3) is 22.0 Å². The largest absolute Gasteiger partial charge is 0.303 e. The molecule has 0 spiro atoms. The van der Waals surface area contributed by atoms with Crippen molar-refractivity contribution in [2.75, 3.05) is 0 Å². The number of rotatable bonds is 3. The SMILES string of the molecule is Cc1ccc2cc(-c3csc(CC=O)n3)ccc2c1. The van der Waals surface area contributed by atoms with Gasteiger partial charge in [0.25, 0.3) is 0 Å². The molecule has 94 valence electrons. The fourth-order valence-corrected chi connectivity index (χ4v) is 2.88. The van der Waals surface area contributed by atoms with Crippen molar-refractivity contribution in [1.29, 1.82) is 0 Å². The monoisotopic (exact) mass is 267 g/mol. The molecule has 0 saturated heterocycles. The van der Waals surface area contributed by atoms with Crippen LogP contribution >= 0.6 is 11.3 Å². The fourth-order valence-electron chi connectivity index (χ4n) is 2.13. The quantitative estimate of drug-likeness (QED) is 0.671. The van der Waals surface area contributed by atoms with Gasteiger partial charge in [-0.1, -0.05) is 35.9 Å². The van der Waals surface area contributed by atoms with Crippen molar-refractivity contribution in [2.45, 2.75) is 13.3 Å². The number of aldehydes is 1. The van der Waals surface area contributed by atoms with E-state index in [2.05, 4.69) is 48.3 Å². The van der Waals surface area contributed by atoms with Crippen LogP contribution in [-0.4, -0.2) is 11.3 Å². The molecular weight excluding hydrogens is 254 g/mol. The van der Waals surface area contributed by atoms with E-state index in [4.69, 9.17) is 0 Å². The molecule has 0 aliphatic heterocycles. The highest BCUT2D eigenvalue weighted by Gasteiger charge is 2.05. The highest BCUT2D eigenvalue weighted by molar-refractivity contribution is 7.10. The Kier molecular flexibility index (Phi) is 3.13. The molecule has 0 aliphatic carbocycles. The third-order valence-electron chi connectivity index (χ3n) is 3.10. The highest BCUT2D eigenvalue weighted by atomic mass is 32.1. The fraction of sp³-hybridized carbons (Fsp3) is 0.125. The lowest BCUT2D eigenvalue weighted by atomic mass is 10.0. The van der Waals surface area contributed by atoms with Gasteiger partial charge in [-0.2, -0.15) is 0 Å². The lowest BCUT2D eigenvalue weighted by molar-refractivity contribution is -0.107. The van der Waals surface area contributed by atoms with E-state index >= 15 is 0 Å². The van der Waals surface area contributed by atoms with Gasteiger partial charge >= 0.3 is 0 Å². The Morgan fingerprint density at radius 3 is 2.79 bits per heavy atom. The molecule has 0 N–H and O–H groups in total. The summed E-state index contributed by atoms with van der Waals surface area (Å²) in [6, 6.07) is 12.8. The topological polar surface area (TPSA) is 30.0 Å². The molecule has 0 saturated carbocycles. The Hall–Kier alpha value is -2.00. The van der Waals surface area contributed by atoms with Crippen molar-refractivity contribution >= 4 is 28.4 Å². The summed E-state index contributed by atoms with van der Waals surface area (Å²) in [4.78, 5) is 15.0. The number of nitrogens with zero attached hydrogens (tertiary/aromatic N) is 1. The smallest absolute Gasteiger partial charge is 0.126 e. The van der Waals surface area contributed by atoms with Gasteiger partial charge in [0.1, 0.15) is 11.3 Å². The van der Waals surface area contributed by atoms with Crippen molar-refractivity contribution in [3.63, 3.8) is 0 Å². The van der Waals surface area contributed by atoms with E-state index in [0.717, 1.165) is 22.6 Å². The van der Waals surface area contributed by atoms with Crippen molar-refractivity contribution in [2.24, 2.45) is 0 Å². The number of fused-ring (bicyclic) bond motifs is 1. The predicted molar refractivity (Wildman–Crippen MR) is 79.6 cm³/mol. The van der Waals surface area contributed by atoms with Crippen molar-refractivity contribution in [3.05, 3.63) is 52.3 Å². The van der Waals surface area contributed by atoms with E-state index in [1.807, 2.05) is 5.38 Å². The van der Waals surface area contributed by atoms with Crippen molar-refractivity contribution < 1.29 is 4.79 Å². The molecule has 3 heteroatoms. The molecule has 0 radical (unpaired) electrons. The molecule has 19 heavy (non-hydrogen) atoms. The van der Waals surface area contributed by atoms with Gasteiger partial charge in [-0.3, -0.25) is 0 Å². The molecule has 2 aromatic carbocycles. The maximum Gasteiger partial charge on any atom is 0.126 e. The summed E-state index contributed by atoms with van der Waals surface area (Å²) in [7, 11) is 0. The summed E-state index contributed by atoms with van der Waals surface area (Å²) in [5.41, 5.74) is 3.32.